The molecule has 5 N–H and O–H groups in total. The fourth-order valence-electron chi connectivity index (χ4n) is 7.61. The van der Waals surface area contributed by atoms with E-state index in [1.165, 1.54) is 30.3 Å². The van der Waals surface area contributed by atoms with Crippen molar-refractivity contribution in [2.24, 2.45) is 25.6 Å². The van der Waals surface area contributed by atoms with Gasteiger partial charge >= 0.3 is 12.2 Å². The number of rotatable bonds is 15. The molecule has 9 rings (SSSR count). The minimum absolute atomic E-state index is 0.0466. The van der Waals surface area contributed by atoms with Crippen molar-refractivity contribution in [3.8, 4) is 22.6 Å². The Morgan fingerprint density at radius 3 is 1.79 bits per heavy atom. The van der Waals surface area contributed by atoms with Crippen molar-refractivity contribution < 1.29 is 47.4 Å². The number of hydrogen-bond donors (Lipinski definition) is 5. The molecule has 0 aliphatic carbocycles. The number of alkyl halides is 3. The second-order valence-electron chi connectivity index (χ2n) is 16.5. The number of nitrogens with zero attached hydrogens (tertiary/aromatic N) is 5. The number of nitrogens with one attached hydrogen (secondary N) is 3. The summed E-state index contributed by atoms with van der Waals surface area (Å²) in [6.45, 7) is 0.175. The van der Waals surface area contributed by atoms with Crippen molar-refractivity contribution in [3.05, 3.63) is 213 Å². The first-order valence-corrected chi connectivity index (χ1v) is 23.6. The van der Waals surface area contributed by atoms with Crippen molar-refractivity contribution in [3.63, 3.8) is 0 Å². The third-order valence-corrected chi connectivity index (χ3v) is 12.0. The number of halogens is 4. The molecular weight excluding hydrogens is 1080 g/mol. The molecule has 9 aromatic carbocycles. The van der Waals surface area contributed by atoms with Crippen LogP contribution in [0.2, 0.25) is 0 Å². The molecule has 372 valence electrons. The van der Waals surface area contributed by atoms with E-state index >= 15 is 0 Å². The van der Waals surface area contributed by atoms with Crippen LogP contribution in [0.4, 0.5) is 52.1 Å². The highest BCUT2D eigenvalue weighted by atomic mass is 127. The SMILES string of the molecule is O=C(NC(=O)c1ccc2c(N=Nc3ccc(-c4ccc(C(=O)c5ccc(N=Nc6c(O)ccc7cc(CON=CONc8cccc(I)c8)ccc67)cc5)cc4)cc3)c(O)ccc2c1)Nc1cccc(C(F)(F)F)c1. The Hall–Kier alpha value is -9.50. The summed E-state index contributed by atoms with van der Waals surface area (Å²) in [6.07, 6.45) is -3.45. The average Bonchev–Trinajstić information content (AvgIpc) is 3.41. The van der Waals surface area contributed by atoms with Gasteiger partial charge in [-0.1, -0.05) is 84.0 Å². The number of imide groups is 1. The van der Waals surface area contributed by atoms with E-state index in [1.54, 1.807) is 66.7 Å². The Morgan fingerprint density at radius 1 is 0.587 bits per heavy atom. The smallest absolute Gasteiger partial charge is 0.416 e. The van der Waals surface area contributed by atoms with Gasteiger partial charge in [-0.3, -0.25) is 14.9 Å². The monoisotopic (exact) mass is 1120 g/mol. The van der Waals surface area contributed by atoms with Crippen molar-refractivity contribution in [1.82, 2.24) is 5.32 Å². The summed E-state index contributed by atoms with van der Waals surface area (Å²) in [4.78, 5) is 49.4. The van der Waals surface area contributed by atoms with E-state index < -0.39 is 23.7 Å². The van der Waals surface area contributed by atoms with Gasteiger partial charge in [0.25, 0.3) is 5.91 Å². The highest BCUT2D eigenvalue weighted by Gasteiger charge is 2.30. The summed E-state index contributed by atoms with van der Waals surface area (Å²) in [6, 6.07) is 47.8. The number of ketones is 1. The molecule has 0 saturated carbocycles. The highest BCUT2D eigenvalue weighted by Crippen LogP contribution is 2.39. The zero-order valence-electron chi connectivity index (χ0n) is 38.8. The maximum atomic E-state index is 13.5. The fraction of sp³-hybridized carbons (Fsp3) is 0.0357. The number of carbonyl (C=O) groups excluding carboxylic acids is 3. The summed E-state index contributed by atoms with van der Waals surface area (Å²) >= 11 is 2.20. The second-order valence-corrected chi connectivity index (χ2v) is 17.7. The van der Waals surface area contributed by atoms with Crippen LogP contribution >= 0.6 is 22.6 Å². The molecule has 0 fully saturated rings. The van der Waals surface area contributed by atoms with Crippen molar-refractivity contribution in [2.75, 3.05) is 10.8 Å². The molecule has 0 aliphatic heterocycles. The van der Waals surface area contributed by atoms with E-state index in [4.69, 9.17) is 9.68 Å². The Labute approximate surface area is 438 Å². The lowest BCUT2D eigenvalue weighted by Gasteiger charge is -2.11. The van der Waals surface area contributed by atoms with E-state index in [2.05, 4.69) is 64.3 Å². The lowest BCUT2D eigenvalue weighted by atomic mass is 9.99. The molecule has 19 heteroatoms. The number of amides is 3. The average molecular weight is 1120 g/mol. The Morgan fingerprint density at radius 2 is 1.15 bits per heavy atom. The van der Waals surface area contributed by atoms with Crippen LogP contribution < -0.4 is 16.1 Å². The van der Waals surface area contributed by atoms with E-state index in [0.29, 0.717) is 38.7 Å². The normalized spacial score (nSPS) is 11.6. The van der Waals surface area contributed by atoms with E-state index in [-0.39, 0.29) is 46.5 Å². The molecule has 0 atom stereocenters. The Bertz CT molecular complexity index is 3710. The number of carbonyl (C=O) groups is 3. The van der Waals surface area contributed by atoms with Crippen LogP contribution in [0.5, 0.6) is 11.5 Å². The molecule has 0 bridgehead atoms. The number of aromatic hydroxyl groups is 2. The summed E-state index contributed by atoms with van der Waals surface area (Å²) in [5, 5.41) is 49.2. The second kappa shape index (κ2) is 22.5. The van der Waals surface area contributed by atoms with Gasteiger partial charge in [0.05, 0.1) is 22.6 Å². The van der Waals surface area contributed by atoms with Gasteiger partial charge in [0.1, 0.15) is 29.5 Å². The van der Waals surface area contributed by atoms with E-state index in [1.807, 2.05) is 66.7 Å². The Balaban J connectivity index is 0.783. The first-order valence-electron chi connectivity index (χ1n) is 22.5. The molecular formula is C56H38F3IN8O7. The lowest BCUT2D eigenvalue weighted by Crippen LogP contribution is -2.34. The van der Waals surface area contributed by atoms with Gasteiger partial charge in [0.2, 0.25) is 6.40 Å². The minimum Gasteiger partial charge on any atom is -0.506 e. The quantitative estimate of drug-likeness (QED) is 0.0166. The molecule has 0 radical (unpaired) electrons. The number of hydrogen-bond acceptors (Lipinski definition) is 13. The number of urea groups is 1. The Kier molecular flexibility index (Phi) is 15.1. The van der Waals surface area contributed by atoms with Crippen LogP contribution in [-0.2, 0) is 22.5 Å². The van der Waals surface area contributed by atoms with Gasteiger partial charge in [-0.25, -0.2) is 10.3 Å². The fourth-order valence-corrected chi connectivity index (χ4v) is 8.15. The van der Waals surface area contributed by atoms with E-state index in [0.717, 1.165) is 55.9 Å². The number of azo groups is 2. The van der Waals surface area contributed by atoms with Gasteiger partial charge in [0, 0.05) is 36.7 Å². The zero-order valence-corrected chi connectivity index (χ0v) is 40.9. The molecule has 9 aromatic rings. The van der Waals surface area contributed by atoms with Crippen LogP contribution in [-0.4, -0.2) is 34.3 Å². The zero-order chi connectivity index (χ0) is 52.5. The topological polar surface area (TPSA) is 208 Å². The molecule has 75 heavy (non-hydrogen) atoms. The van der Waals surface area contributed by atoms with Crippen LogP contribution in [0.15, 0.2) is 208 Å². The van der Waals surface area contributed by atoms with Crippen molar-refractivity contribution in [1.29, 1.82) is 0 Å². The van der Waals surface area contributed by atoms with Crippen molar-refractivity contribution in [2.45, 2.75) is 12.8 Å². The minimum atomic E-state index is -4.61. The van der Waals surface area contributed by atoms with Gasteiger partial charge in [-0.15, -0.1) is 10.2 Å². The summed E-state index contributed by atoms with van der Waals surface area (Å²) in [5.74, 6) is -1.22. The van der Waals surface area contributed by atoms with Crippen LogP contribution in [0.25, 0.3) is 32.7 Å². The molecule has 15 nitrogen and oxygen atoms in total. The number of phenols is 2. The summed E-state index contributed by atoms with van der Waals surface area (Å²) in [5.41, 5.74) is 7.29. The predicted molar refractivity (Wildman–Crippen MR) is 286 cm³/mol. The molecule has 0 aliphatic rings. The molecule has 0 aromatic heterocycles. The third-order valence-electron chi connectivity index (χ3n) is 11.4. The maximum Gasteiger partial charge on any atom is 0.416 e. The molecule has 0 heterocycles. The molecule has 0 spiro atoms. The maximum absolute atomic E-state index is 13.5. The third kappa shape index (κ3) is 12.6. The van der Waals surface area contributed by atoms with E-state index in [9.17, 15) is 37.8 Å². The standard InChI is InChI=1S/C56H38F3IN8O7/c57-56(58,59)41-3-1-5-45(29-41)62-55(73)63-54(72)40-16-24-48-39(28-40)18-26-50(70)52(48)67-64-43-19-12-35(13-20-43)34-8-10-36(11-9-34)53(71)37-14-21-44(22-15-37)65-66-51-47-23-7-33(27-38(47)17-25-49(51)69)31-74-61-32-75-68-46-6-2-4-42(60)30-46/h1-30,32,68-70H,31H2,(H2,62,63,72,73). The van der Waals surface area contributed by atoms with Gasteiger partial charge in [-0.05, 0) is 153 Å². The van der Waals surface area contributed by atoms with Crippen LogP contribution in [0, 0.1) is 3.57 Å². The number of fused-ring (bicyclic) bond motifs is 2. The number of benzene rings is 9. The molecule has 0 unspecified atom stereocenters. The predicted octanol–water partition coefficient (Wildman–Crippen LogP) is 15.2. The number of oxime groups is 1. The van der Waals surface area contributed by atoms with Gasteiger partial charge in [-0.2, -0.15) is 23.4 Å². The number of anilines is 2. The van der Waals surface area contributed by atoms with Crippen LogP contribution in [0.1, 0.15) is 37.4 Å². The summed E-state index contributed by atoms with van der Waals surface area (Å²) < 4.78 is 40.3. The van der Waals surface area contributed by atoms with Gasteiger partial charge < -0.3 is 25.2 Å². The largest absolute Gasteiger partial charge is 0.506 e. The molecule has 0 saturated heterocycles. The first kappa shape index (κ1) is 50.4. The highest BCUT2D eigenvalue weighted by molar-refractivity contribution is 14.1. The first-order chi connectivity index (χ1) is 36.2. The van der Waals surface area contributed by atoms with Crippen LogP contribution in [0.3, 0.4) is 0 Å². The number of phenolic OH excluding ortho intramolecular Hbond substituents is 2. The van der Waals surface area contributed by atoms with Gasteiger partial charge in [0.15, 0.2) is 5.78 Å². The molecule has 3 amide bonds. The summed E-state index contributed by atoms with van der Waals surface area (Å²) in [7, 11) is 0. The lowest BCUT2D eigenvalue weighted by molar-refractivity contribution is -0.137. The van der Waals surface area contributed by atoms with Crippen molar-refractivity contribution >= 4 is 102 Å².